The van der Waals surface area contributed by atoms with E-state index in [1.807, 2.05) is 36.6 Å². The minimum atomic E-state index is -0.983. The fraction of sp³-hybridized carbons (Fsp3) is 0.600. The molecule has 1 aromatic carbocycles. The molecule has 8 heteroatoms. The number of rotatable bonds is 15. The predicted molar refractivity (Wildman–Crippen MR) is 120 cm³/mol. The third-order valence-corrected chi connectivity index (χ3v) is 5.58. The van der Waals surface area contributed by atoms with E-state index in [1.165, 1.54) is 0 Å². The average molecular weight is 428 g/mol. The molecule has 1 amide bonds. The van der Waals surface area contributed by atoms with Gasteiger partial charge in [0.25, 0.3) is 0 Å². The zero-order valence-corrected chi connectivity index (χ0v) is 18.2. The van der Waals surface area contributed by atoms with Crippen LogP contribution >= 0.6 is 24.4 Å². The van der Waals surface area contributed by atoms with E-state index < -0.39 is 12.0 Å². The van der Waals surface area contributed by atoms with Crippen molar-refractivity contribution in [3.8, 4) is 0 Å². The Bertz CT molecular complexity index is 575. The number of aliphatic carboxylic acids is 1. The molecular formula is C20H33N3O3S2. The lowest BCUT2D eigenvalue weighted by Gasteiger charge is -2.21. The standard InChI is InChI=1S/C20H33N3O3S2/c1-28-11-9-18(20(25)26)23-19(24)16(12-15-6-3-2-4-7-15)8-5-10-22-13-17(21)14-27/h2-4,6-7,16-18,22,27H,5,8-14,21H2,1H3,(H,23,24)(H,25,26)/t16-,17+,18-/m0/s1. The largest absolute Gasteiger partial charge is 0.480 e. The van der Waals surface area contributed by atoms with Crippen molar-refractivity contribution in [2.45, 2.75) is 37.8 Å². The van der Waals surface area contributed by atoms with Gasteiger partial charge in [-0.2, -0.15) is 24.4 Å². The quantitative estimate of drug-likeness (QED) is 0.216. The molecule has 1 rings (SSSR count). The average Bonchev–Trinajstić information content (AvgIpc) is 2.70. The molecule has 0 saturated carbocycles. The van der Waals surface area contributed by atoms with Crippen molar-refractivity contribution < 1.29 is 14.7 Å². The monoisotopic (exact) mass is 427 g/mol. The Kier molecular flexibility index (Phi) is 13.1. The van der Waals surface area contributed by atoms with E-state index in [9.17, 15) is 14.7 Å². The van der Waals surface area contributed by atoms with Crippen LogP contribution in [-0.2, 0) is 16.0 Å². The van der Waals surface area contributed by atoms with Crippen LogP contribution in [0.2, 0.25) is 0 Å². The first-order valence-electron chi connectivity index (χ1n) is 9.61. The van der Waals surface area contributed by atoms with Crippen molar-refractivity contribution in [2.75, 3.05) is 30.9 Å². The summed E-state index contributed by atoms with van der Waals surface area (Å²) in [6.07, 6.45) is 4.43. The van der Waals surface area contributed by atoms with Crippen LogP contribution in [0.5, 0.6) is 0 Å². The second-order valence-corrected chi connectivity index (χ2v) is 8.21. The number of thioether (sulfide) groups is 1. The molecule has 3 atom stereocenters. The number of benzene rings is 1. The van der Waals surface area contributed by atoms with Crippen molar-refractivity contribution >= 4 is 36.3 Å². The molecule has 0 heterocycles. The highest BCUT2D eigenvalue weighted by Crippen LogP contribution is 2.15. The summed E-state index contributed by atoms with van der Waals surface area (Å²) >= 11 is 5.73. The summed E-state index contributed by atoms with van der Waals surface area (Å²) in [7, 11) is 0. The zero-order valence-electron chi connectivity index (χ0n) is 16.5. The Hall–Kier alpha value is -1.22. The van der Waals surface area contributed by atoms with Gasteiger partial charge in [0.15, 0.2) is 0 Å². The van der Waals surface area contributed by atoms with Gasteiger partial charge in [-0.15, -0.1) is 0 Å². The number of hydrogen-bond acceptors (Lipinski definition) is 6. The van der Waals surface area contributed by atoms with Crippen LogP contribution in [0.1, 0.15) is 24.8 Å². The summed E-state index contributed by atoms with van der Waals surface area (Å²) in [6.45, 7) is 1.45. The number of hydrogen-bond donors (Lipinski definition) is 5. The van der Waals surface area contributed by atoms with Crippen LogP contribution in [0.4, 0.5) is 0 Å². The summed E-state index contributed by atoms with van der Waals surface area (Å²) in [5, 5.41) is 15.4. The molecule has 0 radical (unpaired) electrons. The Morgan fingerprint density at radius 3 is 2.57 bits per heavy atom. The first kappa shape index (κ1) is 24.8. The molecule has 0 aromatic heterocycles. The van der Waals surface area contributed by atoms with Gasteiger partial charge in [0.2, 0.25) is 5.91 Å². The highest BCUT2D eigenvalue weighted by Gasteiger charge is 2.25. The number of carbonyl (C=O) groups excluding carboxylic acids is 1. The Balaban J connectivity index is 2.65. The molecule has 0 aliphatic carbocycles. The third kappa shape index (κ3) is 10.4. The number of thiol groups is 1. The molecule has 0 aliphatic rings. The lowest BCUT2D eigenvalue weighted by Crippen LogP contribution is -2.44. The number of nitrogens with one attached hydrogen (secondary N) is 2. The SMILES string of the molecule is CSCC[C@H](NC(=O)[C@@H](CCCNC[C@@H](N)CS)Cc1ccccc1)C(=O)O. The normalized spacial score (nSPS) is 14.2. The molecule has 28 heavy (non-hydrogen) atoms. The first-order valence-corrected chi connectivity index (χ1v) is 11.6. The van der Waals surface area contributed by atoms with Gasteiger partial charge in [-0.05, 0) is 49.8 Å². The molecule has 0 unspecified atom stereocenters. The smallest absolute Gasteiger partial charge is 0.326 e. The second-order valence-electron chi connectivity index (χ2n) is 6.86. The second kappa shape index (κ2) is 14.7. The van der Waals surface area contributed by atoms with Gasteiger partial charge in [0, 0.05) is 24.3 Å². The van der Waals surface area contributed by atoms with Gasteiger partial charge >= 0.3 is 5.97 Å². The Morgan fingerprint density at radius 1 is 1.25 bits per heavy atom. The summed E-state index contributed by atoms with van der Waals surface area (Å²) in [5.41, 5.74) is 6.90. The topological polar surface area (TPSA) is 104 Å². The Morgan fingerprint density at radius 2 is 1.96 bits per heavy atom. The Labute approximate surface area is 177 Å². The van der Waals surface area contributed by atoms with Gasteiger partial charge in [0.05, 0.1) is 0 Å². The maximum absolute atomic E-state index is 12.8. The van der Waals surface area contributed by atoms with Gasteiger partial charge in [-0.1, -0.05) is 30.3 Å². The van der Waals surface area contributed by atoms with E-state index >= 15 is 0 Å². The van der Waals surface area contributed by atoms with E-state index in [0.29, 0.717) is 37.3 Å². The lowest BCUT2D eigenvalue weighted by atomic mass is 9.93. The summed E-state index contributed by atoms with van der Waals surface area (Å²) < 4.78 is 0. The molecule has 158 valence electrons. The molecular weight excluding hydrogens is 394 g/mol. The molecule has 0 aliphatic heterocycles. The van der Waals surface area contributed by atoms with E-state index in [2.05, 4.69) is 23.3 Å². The molecule has 1 aromatic rings. The first-order chi connectivity index (χ1) is 13.5. The van der Waals surface area contributed by atoms with Crippen molar-refractivity contribution in [2.24, 2.45) is 11.7 Å². The fourth-order valence-electron chi connectivity index (χ4n) is 2.83. The van der Waals surface area contributed by atoms with Gasteiger partial charge in [0.1, 0.15) is 6.04 Å². The summed E-state index contributed by atoms with van der Waals surface area (Å²) in [5.74, 6) is -0.124. The van der Waals surface area contributed by atoms with Crippen LogP contribution in [0, 0.1) is 5.92 Å². The van der Waals surface area contributed by atoms with Crippen LogP contribution in [0.3, 0.4) is 0 Å². The minimum Gasteiger partial charge on any atom is -0.480 e. The van der Waals surface area contributed by atoms with Crippen molar-refractivity contribution in [3.05, 3.63) is 35.9 Å². The van der Waals surface area contributed by atoms with Gasteiger partial charge in [-0.3, -0.25) is 4.79 Å². The van der Waals surface area contributed by atoms with Crippen molar-refractivity contribution in [1.82, 2.24) is 10.6 Å². The highest BCUT2D eigenvalue weighted by atomic mass is 32.2. The molecule has 0 spiro atoms. The van der Waals surface area contributed by atoms with Crippen LogP contribution in [-0.4, -0.2) is 59.9 Å². The lowest BCUT2D eigenvalue weighted by molar-refractivity contribution is -0.142. The van der Waals surface area contributed by atoms with Crippen LogP contribution in [0.25, 0.3) is 0 Å². The number of amides is 1. The van der Waals surface area contributed by atoms with E-state index in [1.54, 1.807) is 11.8 Å². The number of carboxylic acids is 1. The highest BCUT2D eigenvalue weighted by molar-refractivity contribution is 7.98. The van der Waals surface area contributed by atoms with Crippen molar-refractivity contribution in [1.29, 1.82) is 0 Å². The molecule has 0 bridgehead atoms. The maximum atomic E-state index is 12.8. The van der Waals surface area contributed by atoms with Gasteiger partial charge < -0.3 is 21.5 Å². The summed E-state index contributed by atoms with van der Waals surface area (Å²) in [6, 6.07) is 8.99. The molecule has 0 saturated heterocycles. The van der Waals surface area contributed by atoms with E-state index in [-0.39, 0.29) is 17.9 Å². The number of carboxylic acid groups (broad SMARTS) is 1. The van der Waals surface area contributed by atoms with Crippen LogP contribution < -0.4 is 16.4 Å². The van der Waals surface area contributed by atoms with E-state index in [4.69, 9.17) is 5.73 Å². The van der Waals surface area contributed by atoms with E-state index in [0.717, 1.165) is 18.5 Å². The molecule has 5 N–H and O–H groups in total. The third-order valence-electron chi connectivity index (χ3n) is 4.47. The van der Waals surface area contributed by atoms with Crippen LogP contribution in [0.15, 0.2) is 30.3 Å². The molecule has 6 nitrogen and oxygen atoms in total. The zero-order chi connectivity index (χ0) is 20.8. The fourth-order valence-corrected chi connectivity index (χ4v) is 3.43. The van der Waals surface area contributed by atoms with Crippen molar-refractivity contribution in [3.63, 3.8) is 0 Å². The molecule has 0 fully saturated rings. The number of nitrogens with two attached hydrogens (primary N) is 1. The summed E-state index contributed by atoms with van der Waals surface area (Å²) in [4.78, 5) is 24.3. The maximum Gasteiger partial charge on any atom is 0.326 e. The predicted octanol–water partition coefficient (Wildman–Crippen LogP) is 1.79. The van der Waals surface area contributed by atoms with Gasteiger partial charge in [-0.25, -0.2) is 4.79 Å². The number of carbonyl (C=O) groups is 2. The minimum absolute atomic E-state index is 0.0134.